The lowest BCUT2D eigenvalue weighted by atomic mass is 10.1. The van der Waals surface area contributed by atoms with E-state index in [0.29, 0.717) is 21.8 Å². The van der Waals surface area contributed by atoms with Gasteiger partial charge in [0.2, 0.25) is 5.78 Å². The predicted molar refractivity (Wildman–Crippen MR) is 96.6 cm³/mol. The van der Waals surface area contributed by atoms with Crippen LogP contribution in [-0.4, -0.2) is 20.7 Å². The van der Waals surface area contributed by atoms with Gasteiger partial charge in [-0.15, -0.1) is 11.3 Å². The molecule has 0 aliphatic rings. The quantitative estimate of drug-likeness (QED) is 0.467. The Morgan fingerprint density at radius 3 is 2.62 bits per heavy atom. The van der Waals surface area contributed by atoms with Crippen LogP contribution in [0.25, 0.3) is 10.2 Å². The summed E-state index contributed by atoms with van der Waals surface area (Å²) in [4.78, 5) is 24.7. The fourth-order valence-electron chi connectivity index (χ4n) is 2.28. The van der Waals surface area contributed by atoms with E-state index < -0.39 is 0 Å². The van der Waals surface area contributed by atoms with Gasteiger partial charge in [0.1, 0.15) is 11.6 Å². The first-order valence-electron chi connectivity index (χ1n) is 7.45. The number of thiazole rings is 1. The number of hydrogen-bond acceptors (Lipinski definition) is 6. The monoisotopic (exact) mass is 385 g/mol. The van der Waals surface area contributed by atoms with Crippen molar-refractivity contribution in [2.75, 3.05) is 0 Å². The van der Waals surface area contributed by atoms with Crippen molar-refractivity contribution < 1.29 is 13.9 Å². The standard InChI is InChI=1S/C18H9ClFN3O2S/c19-16-17(22-8-7-21-16)25-12-4-1-10(2-5-12)15(24)18-23-13-9-11(20)3-6-14(13)26-18/h1-9H. The smallest absolute Gasteiger partial charge is 0.257 e. The van der Waals surface area contributed by atoms with E-state index in [4.69, 9.17) is 16.3 Å². The summed E-state index contributed by atoms with van der Waals surface area (Å²) in [6.45, 7) is 0. The highest BCUT2D eigenvalue weighted by Crippen LogP contribution is 2.27. The Labute approximate surface area is 156 Å². The zero-order chi connectivity index (χ0) is 18.1. The molecule has 0 saturated carbocycles. The van der Waals surface area contributed by atoms with Gasteiger partial charge in [-0.1, -0.05) is 11.6 Å². The Morgan fingerprint density at radius 1 is 1.08 bits per heavy atom. The first kappa shape index (κ1) is 16.6. The van der Waals surface area contributed by atoms with Gasteiger partial charge in [-0.3, -0.25) is 4.79 Å². The SMILES string of the molecule is O=C(c1ccc(Oc2nccnc2Cl)cc1)c1nc2cc(F)ccc2s1. The second-order valence-electron chi connectivity index (χ2n) is 5.24. The van der Waals surface area contributed by atoms with E-state index in [-0.39, 0.29) is 22.6 Å². The van der Waals surface area contributed by atoms with E-state index in [1.165, 1.54) is 35.9 Å². The summed E-state index contributed by atoms with van der Waals surface area (Å²) in [5.74, 6) is 0.0263. The van der Waals surface area contributed by atoms with Gasteiger partial charge in [0.15, 0.2) is 10.2 Å². The van der Waals surface area contributed by atoms with Gasteiger partial charge < -0.3 is 4.74 Å². The number of nitrogens with zero attached hydrogens (tertiary/aromatic N) is 3. The van der Waals surface area contributed by atoms with E-state index in [9.17, 15) is 9.18 Å². The molecular formula is C18H9ClFN3O2S. The molecule has 2 aromatic carbocycles. The molecule has 0 aliphatic carbocycles. The van der Waals surface area contributed by atoms with Crippen LogP contribution in [0.3, 0.4) is 0 Å². The number of hydrogen-bond donors (Lipinski definition) is 0. The Hall–Kier alpha value is -2.90. The molecule has 4 rings (SSSR count). The first-order chi connectivity index (χ1) is 12.6. The van der Waals surface area contributed by atoms with Crippen molar-refractivity contribution in [2.24, 2.45) is 0 Å². The molecule has 0 saturated heterocycles. The molecule has 0 radical (unpaired) electrons. The predicted octanol–water partition coefficient (Wildman–Crippen LogP) is 4.90. The third kappa shape index (κ3) is 3.26. The van der Waals surface area contributed by atoms with Gasteiger partial charge in [0, 0.05) is 24.0 Å². The van der Waals surface area contributed by atoms with Gasteiger partial charge in [0.05, 0.1) is 10.2 Å². The first-order valence-corrected chi connectivity index (χ1v) is 8.65. The van der Waals surface area contributed by atoms with Crippen molar-refractivity contribution >= 4 is 38.9 Å². The number of carbonyl (C=O) groups excluding carboxylic acids is 1. The number of halogens is 2. The van der Waals surface area contributed by atoms with E-state index >= 15 is 0 Å². The number of carbonyl (C=O) groups is 1. The highest BCUT2D eigenvalue weighted by molar-refractivity contribution is 7.20. The van der Waals surface area contributed by atoms with Gasteiger partial charge in [-0.05, 0) is 36.4 Å². The summed E-state index contributed by atoms with van der Waals surface area (Å²) in [7, 11) is 0. The Kier molecular flexibility index (Phi) is 4.32. The molecule has 2 heterocycles. The summed E-state index contributed by atoms with van der Waals surface area (Å²) in [5, 5.41) is 0.450. The molecule has 0 amide bonds. The lowest BCUT2D eigenvalue weighted by molar-refractivity contribution is 0.103. The molecule has 0 unspecified atom stereocenters. The maximum absolute atomic E-state index is 13.3. The minimum absolute atomic E-state index is 0.148. The van der Waals surface area contributed by atoms with Crippen molar-refractivity contribution in [3.8, 4) is 11.6 Å². The normalized spacial score (nSPS) is 10.8. The molecule has 26 heavy (non-hydrogen) atoms. The fourth-order valence-corrected chi connectivity index (χ4v) is 3.34. The van der Waals surface area contributed by atoms with Crippen molar-refractivity contribution in [2.45, 2.75) is 0 Å². The summed E-state index contributed by atoms with van der Waals surface area (Å²) < 4.78 is 19.6. The van der Waals surface area contributed by atoms with Gasteiger partial charge in [-0.25, -0.2) is 19.3 Å². The van der Waals surface area contributed by atoms with Crippen LogP contribution in [0.2, 0.25) is 5.15 Å². The Morgan fingerprint density at radius 2 is 1.85 bits per heavy atom. The zero-order valence-corrected chi connectivity index (χ0v) is 14.6. The van der Waals surface area contributed by atoms with Crippen LogP contribution in [0.4, 0.5) is 4.39 Å². The molecule has 4 aromatic rings. The van der Waals surface area contributed by atoms with Gasteiger partial charge >= 0.3 is 0 Å². The molecule has 0 fully saturated rings. The third-order valence-electron chi connectivity index (χ3n) is 3.50. The van der Waals surface area contributed by atoms with Crippen LogP contribution < -0.4 is 4.74 Å². The second kappa shape index (κ2) is 6.78. The molecule has 128 valence electrons. The molecule has 0 spiro atoms. The average molecular weight is 386 g/mol. The largest absolute Gasteiger partial charge is 0.436 e. The van der Waals surface area contributed by atoms with Crippen molar-refractivity contribution in [3.63, 3.8) is 0 Å². The van der Waals surface area contributed by atoms with Crippen LogP contribution >= 0.6 is 22.9 Å². The number of aromatic nitrogens is 3. The molecule has 5 nitrogen and oxygen atoms in total. The van der Waals surface area contributed by atoms with Gasteiger partial charge in [0.25, 0.3) is 5.88 Å². The summed E-state index contributed by atoms with van der Waals surface area (Å²) >= 11 is 7.12. The summed E-state index contributed by atoms with van der Waals surface area (Å²) in [5.41, 5.74) is 0.915. The number of rotatable bonds is 4. The lowest BCUT2D eigenvalue weighted by Gasteiger charge is -2.05. The zero-order valence-electron chi connectivity index (χ0n) is 13.0. The van der Waals surface area contributed by atoms with Crippen LogP contribution in [-0.2, 0) is 0 Å². The summed E-state index contributed by atoms with van der Waals surface area (Å²) in [6.07, 6.45) is 2.93. The van der Waals surface area contributed by atoms with Crippen molar-refractivity contribution in [3.05, 3.63) is 76.4 Å². The maximum Gasteiger partial charge on any atom is 0.257 e. The van der Waals surface area contributed by atoms with E-state index in [1.54, 1.807) is 30.3 Å². The van der Waals surface area contributed by atoms with E-state index in [0.717, 1.165) is 4.70 Å². The molecule has 8 heteroatoms. The third-order valence-corrected chi connectivity index (χ3v) is 4.79. The van der Waals surface area contributed by atoms with Crippen LogP contribution in [0, 0.1) is 5.82 Å². The Balaban J connectivity index is 1.57. The fraction of sp³-hybridized carbons (Fsp3) is 0. The lowest BCUT2D eigenvalue weighted by Crippen LogP contribution is -2.00. The van der Waals surface area contributed by atoms with E-state index in [1.807, 2.05) is 0 Å². The highest BCUT2D eigenvalue weighted by Gasteiger charge is 2.15. The second-order valence-corrected chi connectivity index (χ2v) is 6.63. The number of fused-ring (bicyclic) bond motifs is 1. The van der Waals surface area contributed by atoms with Crippen LogP contribution in [0.1, 0.15) is 15.4 Å². The summed E-state index contributed by atoms with van der Waals surface area (Å²) in [6, 6.07) is 10.8. The number of ketones is 1. The molecule has 0 bridgehead atoms. The topological polar surface area (TPSA) is 65.0 Å². The molecular weight excluding hydrogens is 377 g/mol. The van der Waals surface area contributed by atoms with Crippen molar-refractivity contribution in [1.82, 2.24) is 15.0 Å². The van der Waals surface area contributed by atoms with Crippen molar-refractivity contribution in [1.29, 1.82) is 0 Å². The molecule has 0 N–H and O–H groups in total. The van der Waals surface area contributed by atoms with E-state index in [2.05, 4.69) is 15.0 Å². The molecule has 2 aromatic heterocycles. The van der Waals surface area contributed by atoms with Gasteiger partial charge in [-0.2, -0.15) is 0 Å². The minimum atomic E-state index is -0.383. The Bertz CT molecular complexity index is 1120. The van der Waals surface area contributed by atoms with Crippen LogP contribution in [0.15, 0.2) is 54.9 Å². The molecule has 0 aliphatic heterocycles. The number of benzene rings is 2. The minimum Gasteiger partial charge on any atom is -0.436 e. The highest BCUT2D eigenvalue weighted by atomic mass is 35.5. The molecule has 0 atom stereocenters. The average Bonchev–Trinajstić information content (AvgIpc) is 3.07. The van der Waals surface area contributed by atoms with Crippen LogP contribution in [0.5, 0.6) is 11.6 Å². The maximum atomic E-state index is 13.3. The number of ether oxygens (including phenoxy) is 1.